The van der Waals surface area contributed by atoms with Gasteiger partial charge in [-0.25, -0.2) is 0 Å². The highest BCUT2D eigenvalue weighted by Crippen LogP contribution is 2.23. The number of hydrogen-bond acceptors (Lipinski definition) is 5. The van der Waals surface area contributed by atoms with Gasteiger partial charge in [-0.15, -0.1) is 0 Å². The Morgan fingerprint density at radius 1 is 1.15 bits per heavy atom. The van der Waals surface area contributed by atoms with Gasteiger partial charge in [-0.3, -0.25) is 4.98 Å². The zero-order valence-corrected chi connectivity index (χ0v) is 11.0. The van der Waals surface area contributed by atoms with Crippen LogP contribution in [0.25, 0.3) is 11.4 Å². The van der Waals surface area contributed by atoms with Crippen LogP contribution >= 0.6 is 0 Å². The summed E-state index contributed by atoms with van der Waals surface area (Å²) in [6.07, 6.45) is 3.45. The third-order valence-corrected chi connectivity index (χ3v) is 3.15. The quantitative estimate of drug-likeness (QED) is 0.788. The average Bonchev–Trinajstić information content (AvgIpc) is 2.97. The standard InChI is InChI=1S/C15H14N4O/c1-10-7-8-17-9-12(10)14-18-15(20-19-14)13(16)11-5-3-2-4-6-11/h2-9,13H,16H2,1H3/t13-/m0/s1. The molecule has 0 aliphatic rings. The van der Waals surface area contributed by atoms with Gasteiger partial charge in [0.2, 0.25) is 11.7 Å². The number of nitrogens with zero attached hydrogens (tertiary/aromatic N) is 3. The number of nitrogens with two attached hydrogens (primary N) is 1. The van der Waals surface area contributed by atoms with Gasteiger partial charge in [0.1, 0.15) is 6.04 Å². The van der Waals surface area contributed by atoms with Crippen LogP contribution in [0.3, 0.4) is 0 Å². The van der Waals surface area contributed by atoms with Crippen LogP contribution in [-0.2, 0) is 0 Å². The van der Waals surface area contributed by atoms with Crippen LogP contribution in [-0.4, -0.2) is 15.1 Å². The van der Waals surface area contributed by atoms with Gasteiger partial charge in [0.05, 0.1) is 0 Å². The fraction of sp³-hybridized carbons (Fsp3) is 0.133. The normalized spacial score (nSPS) is 12.3. The lowest BCUT2D eigenvalue weighted by Crippen LogP contribution is -2.12. The van der Waals surface area contributed by atoms with Gasteiger partial charge >= 0.3 is 0 Å². The molecule has 1 aromatic carbocycles. The summed E-state index contributed by atoms with van der Waals surface area (Å²) in [5, 5.41) is 3.99. The van der Waals surface area contributed by atoms with E-state index in [2.05, 4.69) is 15.1 Å². The summed E-state index contributed by atoms with van der Waals surface area (Å²) in [5.41, 5.74) is 8.96. The zero-order chi connectivity index (χ0) is 13.9. The molecule has 0 saturated heterocycles. The van der Waals surface area contributed by atoms with Crippen LogP contribution in [0.1, 0.15) is 23.1 Å². The summed E-state index contributed by atoms with van der Waals surface area (Å²) in [4.78, 5) is 8.46. The topological polar surface area (TPSA) is 77.8 Å². The largest absolute Gasteiger partial charge is 0.337 e. The number of benzene rings is 1. The molecule has 2 heterocycles. The molecule has 0 bridgehead atoms. The summed E-state index contributed by atoms with van der Waals surface area (Å²) in [5.74, 6) is 0.909. The molecular weight excluding hydrogens is 252 g/mol. The number of pyridine rings is 1. The lowest BCUT2D eigenvalue weighted by molar-refractivity contribution is 0.367. The average molecular weight is 266 g/mol. The molecule has 2 N–H and O–H groups in total. The van der Waals surface area contributed by atoms with E-state index in [4.69, 9.17) is 10.3 Å². The molecule has 0 aliphatic carbocycles. The molecule has 3 rings (SSSR count). The van der Waals surface area contributed by atoms with E-state index in [1.54, 1.807) is 12.4 Å². The second kappa shape index (κ2) is 5.22. The maximum atomic E-state index is 6.13. The number of hydrogen-bond donors (Lipinski definition) is 1. The number of rotatable bonds is 3. The molecular formula is C15H14N4O. The number of aromatic nitrogens is 3. The SMILES string of the molecule is Cc1ccncc1-c1noc([C@@H](N)c2ccccc2)n1. The molecule has 0 radical (unpaired) electrons. The summed E-state index contributed by atoms with van der Waals surface area (Å²) < 4.78 is 5.28. The van der Waals surface area contributed by atoms with E-state index in [1.165, 1.54) is 0 Å². The molecule has 0 amide bonds. The predicted octanol–water partition coefficient (Wildman–Crippen LogP) is 2.49. The first-order chi connectivity index (χ1) is 9.75. The Labute approximate surface area is 116 Å². The van der Waals surface area contributed by atoms with E-state index in [9.17, 15) is 0 Å². The molecule has 100 valence electrons. The van der Waals surface area contributed by atoms with Crippen LogP contribution in [0.5, 0.6) is 0 Å². The molecule has 0 saturated carbocycles. The lowest BCUT2D eigenvalue weighted by Gasteiger charge is -2.05. The minimum atomic E-state index is -0.422. The molecule has 20 heavy (non-hydrogen) atoms. The van der Waals surface area contributed by atoms with Crippen molar-refractivity contribution in [2.45, 2.75) is 13.0 Å². The Kier molecular flexibility index (Phi) is 3.26. The molecule has 2 aromatic heterocycles. The Morgan fingerprint density at radius 3 is 2.70 bits per heavy atom. The predicted molar refractivity (Wildman–Crippen MR) is 74.7 cm³/mol. The summed E-state index contributed by atoms with van der Waals surface area (Å²) in [6.45, 7) is 1.98. The summed E-state index contributed by atoms with van der Waals surface area (Å²) >= 11 is 0. The second-order valence-electron chi connectivity index (χ2n) is 4.54. The third-order valence-electron chi connectivity index (χ3n) is 3.15. The van der Waals surface area contributed by atoms with Crippen LogP contribution in [0.2, 0.25) is 0 Å². The van der Waals surface area contributed by atoms with Gasteiger partial charge in [-0.2, -0.15) is 4.98 Å². The van der Waals surface area contributed by atoms with Crippen molar-refractivity contribution >= 4 is 0 Å². The smallest absolute Gasteiger partial charge is 0.248 e. The van der Waals surface area contributed by atoms with Gasteiger partial charge in [-0.05, 0) is 24.1 Å². The van der Waals surface area contributed by atoms with Crippen molar-refractivity contribution in [3.63, 3.8) is 0 Å². The van der Waals surface area contributed by atoms with Crippen LogP contribution in [0.15, 0.2) is 53.3 Å². The lowest BCUT2D eigenvalue weighted by atomic mass is 10.1. The minimum absolute atomic E-state index is 0.398. The van der Waals surface area contributed by atoms with E-state index in [0.29, 0.717) is 11.7 Å². The minimum Gasteiger partial charge on any atom is -0.337 e. The summed E-state index contributed by atoms with van der Waals surface area (Å²) in [7, 11) is 0. The first-order valence-electron chi connectivity index (χ1n) is 6.31. The highest BCUT2D eigenvalue weighted by Gasteiger charge is 2.18. The first kappa shape index (κ1) is 12.5. The molecule has 5 heteroatoms. The fourth-order valence-electron chi connectivity index (χ4n) is 1.97. The molecule has 0 aliphatic heterocycles. The second-order valence-corrected chi connectivity index (χ2v) is 4.54. The van der Waals surface area contributed by atoms with E-state index >= 15 is 0 Å². The maximum absolute atomic E-state index is 6.13. The van der Waals surface area contributed by atoms with Gasteiger partial charge in [0, 0.05) is 18.0 Å². The Morgan fingerprint density at radius 2 is 1.95 bits per heavy atom. The van der Waals surface area contributed by atoms with E-state index in [-0.39, 0.29) is 0 Å². The van der Waals surface area contributed by atoms with E-state index < -0.39 is 6.04 Å². The van der Waals surface area contributed by atoms with Crippen LogP contribution in [0.4, 0.5) is 0 Å². The fourth-order valence-corrected chi connectivity index (χ4v) is 1.97. The molecule has 0 spiro atoms. The third kappa shape index (κ3) is 2.31. The van der Waals surface area contributed by atoms with E-state index in [1.807, 2.05) is 43.3 Å². The van der Waals surface area contributed by atoms with Gasteiger partial charge < -0.3 is 10.3 Å². The summed E-state index contributed by atoms with van der Waals surface area (Å²) in [6, 6.07) is 11.1. The molecule has 1 atom stereocenters. The Balaban J connectivity index is 1.93. The van der Waals surface area contributed by atoms with E-state index in [0.717, 1.165) is 16.7 Å². The van der Waals surface area contributed by atoms with Crippen molar-refractivity contribution in [2.24, 2.45) is 5.73 Å². The van der Waals surface area contributed by atoms with Crippen molar-refractivity contribution in [3.8, 4) is 11.4 Å². The Hall–Kier alpha value is -2.53. The van der Waals surface area contributed by atoms with Crippen molar-refractivity contribution in [2.75, 3.05) is 0 Å². The first-order valence-corrected chi connectivity index (χ1v) is 6.31. The van der Waals surface area contributed by atoms with Crippen LogP contribution < -0.4 is 5.73 Å². The van der Waals surface area contributed by atoms with Crippen LogP contribution in [0, 0.1) is 6.92 Å². The van der Waals surface area contributed by atoms with Gasteiger partial charge in [0.15, 0.2) is 0 Å². The number of aryl methyl sites for hydroxylation is 1. The van der Waals surface area contributed by atoms with Crippen molar-refractivity contribution in [3.05, 3.63) is 65.8 Å². The molecule has 3 aromatic rings. The van der Waals surface area contributed by atoms with Crippen molar-refractivity contribution in [1.82, 2.24) is 15.1 Å². The van der Waals surface area contributed by atoms with Gasteiger partial charge in [-0.1, -0.05) is 35.5 Å². The zero-order valence-electron chi connectivity index (χ0n) is 11.0. The monoisotopic (exact) mass is 266 g/mol. The molecule has 0 fully saturated rings. The molecule has 0 unspecified atom stereocenters. The highest BCUT2D eigenvalue weighted by molar-refractivity contribution is 5.57. The van der Waals surface area contributed by atoms with Crippen molar-refractivity contribution < 1.29 is 4.52 Å². The van der Waals surface area contributed by atoms with Gasteiger partial charge in [0.25, 0.3) is 0 Å². The molecule has 5 nitrogen and oxygen atoms in total. The Bertz CT molecular complexity index is 709. The van der Waals surface area contributed by atoms with Crippen molar-refractivity contribution in [1.29, 1.82) is 0 Å². The maximum Gasteiger partial charge on any atom is 0.248 e. The highest BCUT2D eigenvalue weighted by atomic mass is 16.5.